The normalized spacial score (nSPS) is 15.9. The maximum atomic E-state index is 12.3. The minimum Gasteiger partial charge on any atom is -0.370 e. The van der Waals surface area contributed by atoms with E-state index in [-0.39, 0.29) is 5.91 Å². The number of hydrogen-bond donors (Lipinski definition) is 3. The minimum absolute atomic E-state index is 0.0893. The zero-order valence-corrected chi connectivity index (χ0v) is 17.1. The van der Waals surface area contributed by atoms with Crippen molar-refractivity contribution in [3.8, 4) is 0 Å². The Bertz CT molecular complexity index is 737. The Kier molecular flexibility index (Phi) is 7.60. The van der Waals surface area contributed by atoms with Crippen LogP contribution in [0.25, 0.3) is 0 Å². The third-order valence-corrected chi connectivity index (χ3v) is 5.26. The van der Waals surface area contributed by atoms with Crippen molar-refractivity contribution in [1.82, 2.24) is 5.32 Å². The first-order valence-corrected chi connectivity index (χ1v) is 10.2. The molecule has 0 bridgehead atoms. The predicted molar refractivity (Wildman–Crippen MR) is 110 cm³/mol. The topological polar surface area (TPSA) is 47.2 Å². The molecular formula is C23H33N3O2+2. The van der Waals surface area contributed by atoms with Crippen LogP contribution in [0.5, 0.6) is 0 Å². The summed E-state index contributed by atoms with van der Waals surface area (Å²) >= 11 is 0. The van der Waals surface area contributed by atoms with Crippen LogP contribution in [0.2, 0.25) is 0 Å². The summed E-state index contributed by atoms with van der Waals surface area (Å²) in [6.45, 7) is 8.93. The van der Waals surface area contributed by atoms with Crippen molar-refractivity contribution in [2.45, 2.75) is 26.6 Å². The molecule has 1 heterocycles. The average molecular weight is 384 g/mol. The lowest BCUT2D eigenvalue weighted by molar-refractivity contribution is -0.921. The summed E-state index contributed by atoms with van der Waals surface area (Å²) < 4.78 is 5.41. The molecule has 2 aromatic carbocycles. The number of benzene rings is 2. The number of carbonyl (C=O) groups is 1. The zero-order chi connectivity index (χ0) is 19.8. The van der Waals surface area contributed by atoms with E-state index in [0.717, 1.165) is 45.0 Å². The van der Waals surface area contributed by atoms with Crippen LogP contribution in [0.15, 0.2) is 48.5 Å². The van der Waals surface area contributed by atoms with E-state index in [2.05, 4.69) is 67.8 Å². The third-order valence-electron chi connectivity index (χ3n) is 5.26. The van der Waals surface area contributed by atoms with Crippen LogP contribution >= 0.6 is 0 Å². The van der Waals surface area contributed by atoms with Crippen LogP contribution < -0.4 is 15.1 Å². The predicted octanol–water partition coefficient (Wildman–Crippen LogP) is -0.259. The average Bonchev–Trinajstić information content (AvgIpc) is 2.70. The summed E-state index contributed by atoms with van der Waals surface area (Å²) in [5, 5.41) is 3.04. The Balaban J connectivity index is 1.39. The van der Waals surface area contributed by atoms with Gasteiger partial charge in [0.2, 0.25) is 0 Å². The smallest absolute Gasteiger partial charge is 0.275 e. The molecule has 0 aromatic heterocycles. The van der Waals surface area contributed by atoms with Gasteiger partial charge in [-0.05, 0) is 12.5 Å². The molecule has 0 spiro atoms. The van der Waals surface area contributed by atoms with Gasteiger partial charge in [-0.2, -0.15) is 0 Å². The van der Waals surface area contributed by atoms with Gasteiger partial charge in [0, 0.05) is 17.7 Å². The second kappa shape index (κ2) is 10.4. The number of ether oxygens (including phenoxy) is 1. The van der Waals surface area contributed by atoms with Crippen LogP contribution in [0.1, 0.15) is 22.3 Å². The summed E-state index contributed by atoms with van der Waals surface area (Å²) in [5.41, 5.74) is 5.00. The first-order chi connectivity index (χ1) is 13.6. The fourth-order valence-corrected chi connectivity index (χ4v) is 3.55. The van der Waals surface area contributed by atoms with Gasteiger partial charge in [0.05, 0.1) is 20.3 Å². The molecule has 2 aromatic rings. The summed E-state index contributed by atoms with van der Waals surface area (Å²) in [7, 11) is 2.06. The molecule has 28 heavy (non-hydrogen) atoms. The highest BCUT2D eigenvalue weighted by Crippen LogP contribution is 2.04. The van der Waals surface area contributed by atoms with Crippen molar-refractivity contribution in [2.75, 3.05) is 39.9 Å². The molecule has 5 nitrogen and oxygen atoms in total. The molecule has 1 aliphatic heterocycles. The Morgan fingerprint density at radius 2 is 1.61 bits per heavy atom. The Hall–Kier alpha value is -2.21. The quantitative estimate of drug-likeness (QED) is 0.588. The number of likely N-dealkylation sites (N-methyl/N-ethyl adjacent to an activating group) is 1. The van der Waals surface area contributed by atoms with E-state index in [1.54, 1.807) is 4.90 Å². The molecule has 0 aliphatic carbocycles. The minimum atomic E-state index is 0.0893. The number of morpholine rings is 1. The van der Waals surface area contributed by atoms with Crippen LogP contribution in [0, 0.1) is 6.92 Å². The van der Waals surface area contributed by atoms with Gasteiger partial charge in [0.1, 0.15) is 26.2 Å². The van der Waals surface area contributed by atoms with Gasteiger partial charge in [-0.25, -0.2) is 0 Å². The largest absolute Gasteiger partial charge is 0.370 e. The lowest BCUT2D eigenvalue weighted by atomic mass is 10.1. The summed E-state index contributed by atoms with van der Waals surface area (Å²) in [4.78, 5) is 15.0. The van der Waals surface area contributed by atoms with Gasteiger partial charge in [0.15, 0.2) is 6.54 Å². The van der Waals surface area contributed by atoms with Gasteiger partial charge < -0.3 is 19.9 Å². The van der Waals surface area contributed by atoms with E-state index in [1.165, 1.54) is 21.6 Å². The van der Waals surface area contributed by atoms with Crippen molar-refractivity contribution >= 4 is 5.91 Å². The van der Waals surface area contributed by atoms with Crippen molar-refractivity contribution < 1.29 is 19.3 Å². The maximum absolute atomic E-state index is 12.3. The molecule has 3 N–H and O–H groups in total. The second-order valence-corrected chi connectivity index (χ2v) is 7.93. The molecule has 0 radical (unpaired) electrons. The lowest BCUT2D eigenvalue weighted by Crippen LogP contribution is -3.12. The van der Waals surface area contributed by atoms with Crippen molar-refractivity contribution in [3.05, 3.63) is 70.8 Å². The molecule has 1 fully saturated rings. The van der Waals surface area contributed by atoms with E-state index < -0.39 is 0 Å². The molecule has 1 amide bonds. The lowest BCUT2D eigenvalue weighted by Gasteiger charge is -2.23. The molecule has 1 saturated heterocycles. The standard InChI is InChI=1S/C23H31N3O2/c1-19-3-5-21(6-4-19)16-25(2)18-23(27)24-15-20-7-9-22(10-8-20)17-26-11-13-28-14-12-26/h3-10H,11-18H2,1-2H3,(H,24,27)/p+2. The fourth-order valence-electron chi connectivity index (χ4n) is 3.55. The fraction of sp³-hybridized carbons (Fsp3) is 0.435. The number of quaternary nitrogens is 2. The van der Waals surface area contributed by atoms with E-state index >= 15 is 0 Å². The van der Waals surface area contributed by atoms with Crippen LogP contribution in [0.3, 0.4) is 0 Å². The molecule has 1 aliphatic rings. The highest BCUT2D eigenvalue weighted by Gasteiger charge is 2.14. The van der Waals surface area contributed by atoms with E-state index in [4.69, 9.17) is 4.74 Å². The monoisotopic (exact) mass is 383 g/mol. The Morgan fingerprint density at radius 3 is 2.29 bits per heavy atom. The van der Waals surface area contributed by atoms with E-state index in [0.29, 0.717) is 13.1 Å². The number of rotatable bonds is 8. The number of nitrogens with one attached hydrogen (secondary N) is 3. The molecule has 1 unspecified atom stereocenters. The molecule has 0 saturated carbocycles. The van der Waals surface area contributed by atoms with Crippen LogP contribution in [0.4, 0.5) is 0 Å². The first kappa shape index (κ1) is 20.5. The highest BCUT2D eigenvalue weighted by atomic mass is 16.5. The molecular weight excluding hydrogens is 350 g/mol. The van der Waals surface area contributed by atoms with E-state index in [9.17, 15) is 4.79 Å². The number of aryl methyl sites for hydroxylation is 1. The van der Waals surface area contributed by atoms with Gasteiger partial charge in [0.25, 0.3) is 5.91 Å². The molecule has 5 heteroatoms. The number of hydrogen-bond acceptors (Lipinski definition) is 2. The SMILES string of the molecule is Cc1ccc(C[NH+](C)CC(=O)NCc2ccc(C[NH+]3CCOCC3)cc2)cc1. The van der Waals surface area contributed by atoms with Gasteiger partial charge in [-0.1, -0.05) is 54.1 Å². The Labute approximate surface area is 168 Å². The summed E-state index contributed by atoms with van der Waals surface area (Å²) in [5.74, 6) is 0.0893. The summed E-state index contributed by atoms with van der Waals surface area (Å²) in [6.07, 6.45) is 0. The molecule has 3 rings (SSSR count). The van der Waals surface area contributed by atoms with E-state index in [1.807, 2.05) is 0 Å². The highest BCUT2D eigenvalue weighted by molar-refractivity contribution is 5.76. The number of carbonyl (C=O) groups excluding carboxylic acids is 1. The second-order valence-electron chi connectivity index (χ2n) is 7.93. The van der Waals surface area contributed by atoms with Crippen LogP contribution in [-0.4, -0.2) is 45.8 Å². The molecule has 1 atom stereocenters. The number of amides is 1. The van der Waals surface area contributed by atoms with Crippen molar-refractivity contribution in [3.63, 3.8) is 0 Å². The summed E-state index contributed by atoms with van der Waals surface area (Å²) in [6, 6.07) is 17.1. The molecule has 150 valence electrons. The van der Waals surface area contributed by atoms with Crippen LogP contribution in [-0.2, 0) is 29.2 Å². The zero-order valence-electron chi connectivity index (χ0n) is 17.1. The van der Waals surface area contributed by atoms with Crippen molar-refractivity contribution in [1.29, 1.82) is 0 Å². The van der Waals surface area contributed by atoms with Crippen molar-refractivity contribution in [2.24, 2.45) is 0 Å². The van der Waals surface area contributed by atoms with Gasteiger partial charge >= 0.3 is 0 Å². The van der Waals surface area contributed by atoms with Gasteiger partial charge in [-0.15, -0.1) is 0 Å². The van der Waals surface area contributed by atoms with Gasteiger partial charge in [-0.3, -0.25) is 4.79 Å². The third kappa shape index (κ3) is 6.75. The first-order valence-electron chi connectivity index (χ1n) is 10.2. The Morgan fingerprint density at radius 1 is 1.00 bits per heavy atom. The maximum Gasteiger partial charge on any atom is 0.275 e.